The van der Waals surface area contributed by atoms with Gasteiger partial charge >= 0.3 is 0 Å². The molecule has 0 aliphatic rings. The number of rotatable bonds is 5. The summed E-state index contributed by atoms with van der Waals surface area (Å²) in [7, 11) is 0. The predicted octanol–water partition coefficient (Wildman–Crippen LogP) is 3.23. The minimum Gasteiger partial charge on any atom is -0.493 e. The molecule has 1 atom stereocenters. The highest BCUT2D eigenvalue weighted by atomic mass is 16.5. The largest absolute Gasteiger partial charge is 0.493 e. The van der Waals surface area contributed by atoms with Gasteiger partial charge in [-0.3, -0.25) is 4.98 Å². The van der Waals surface area contributed by atoms with Gasteiger partial charge in [0.05, 0.1) is 12.6 Å². The maximum atomic E-state index is 6.35. The second-order valence-electron chi connectivity index (χ2n) is 4.59. The third-order valence-electron chi connectivity index (χ3n) is 3.00. The standard InChI is InChI=1S/C16H20N2O/c1-3-10-19-15-7-5-4-6-14(15)16(17)13-8-9-18-12(2)11-13/h4-9,11,16H,3,10,17H2,1-2H3. The molecular formula is C16H20N2O. The summed E-state index contributed by atoms with van der Waals surface area (Å²) in [6.45, 7) is 4.77. The van der Waals surface area contributed by atoms with Crippen LogP contribution in [0.15, 0.2) is 42.6 Å². The second-order valence-corrected chi connectivity index (χ2v) is 4.59. The van der Waals surface area contributed by atoms with Crippen LogP contribution in [0.5, 0.6) is 5.75 Å². The van der Waals surface area contributed by atoms with E-state index in [2.05, 4.69) is 11.9 Å². The first-order chi connectivity index (χ1) is 9.22. The van der Waals surface area contributed by atoms with E-state index < -0.39 is 0 Å². The molecular weight excluding hydrogens is 236 g/mol. The fraction of sp³-hybridized carbons (Fsp3) is 0.312. The van der Waals surface area contributed by atoms with Crippen LogP contribution in [0.2, 0.25) is 0 Å². The Kier molecular flexibility index (Phi) is 4.53. The molecule has 3 heteroatoms. The van der Waals surface area contributed by atoms with Crippen molar-refractivity contribution in [2.45, 2.75) is 26.3 Å². The number of nitrogens with zero attached hydrogens (tertiary/aromatic N) is 1. The maximum Gasteiger partial charge on any atom is 0.124 e. The summed E-state index contributed by atoms with van der Waals surface area (Å²) in [6.07, 6.45) is 2.78. The van der Waals surface area contributed by atoms with Crippen molar-refractivity contribution in [2.75, 3.05) is 6.61 Å². The van der Waals surface area contributed by atoms with Gasteiger partial charge in [-0.2, -0.15) is 0 Å². The molecule has 3 nitrogen and oxygen atoms in total. The van der Waals surface area contributed by atoms with Crippen molar-refractivity contribution in [3.8, 4) is 5.75 Å². The summed E-state index contributed by atoms with van der Waals surface area (Å²) in [4.78, 5) is 4.20. The number of hydrogen-bond acceptors (Lipinski definition) is 3. The molecule has 2 rings (SSSR count). The van der Waals surface area contributed by atoms with Crippen molar-refractivity contribution < 1.29 is 4.74 Å². The third-order valence-corrected chi connectivity index (χ3v) is 3.00. The van der Waals surface area contributed by atoms with Crippen molar-refractivity contribution in [1.82, 2.24) is 4.98 Å². The van der Waals surface area contributed by atoms with Gasteiger partial charge in [-0.25, -0.2) is 0 Å². The summed E-state index contributed by atoms with van der Waals surface area (Å²) in [5.74, 6) is 0.867. The molecule has 0 saturated carbocycles. The van der Waals surface area contributed by atoms with E-state index in [1.54, 1.807) is 6.20 Å². The Labute approximate surface area is 114 Å². The van der Waals surface area contributed by atoms with Crippen LogP contribution in [-0.4, -0.2) is 11.6 Å². The maximum absolute atomic E-state index is 6.35. The normalized spacial score (nSPS) is 12.2. The van der Waals surface area contributed by atoms with Crippen LogP contribution >= 0.6 is 0 Å². The van der Waals surface area contributed by atoms with Crippen LogP contribution in [0.25, 0.3) is 0 Å². The van der Waals surface area contributed by atoms with E-state index in [1.807, 2.05) is 43.3 Å². The number of aromatic nitrogens is 1. The van der Waals surface area contributed by atoms with Gasteiger partial charge in [-0.1, -0.05) is 25.1 Å². The third kappa shape index (κ3) is 3.32. The molecule has 1 unspecified atom stereocenters. The van der Waals surface area contributed by atoms with Crippen molar-refractivity contribution in [2.24, 2.45) is 5.73 Å². The lowest BCUT2D eigenvalue weighted by Gasteiger charge is -2.17. The van der Waals surface area contributed by atoms with Gasteiger partial charge in [0.25, 0.3) is 0 Å². The lowest BCUT2D eigenvalue weighted by Crippen LogP contribution is -2.14. The molecule has 0 aliphatic carbocycles. The first-order valence-electron chi connectivity index (χ1n) is 6.62. The van der Waals surface area contributed by atoms with E-state index in [0.717, 1.165) is 29.0 Å². The summed E-state index contributed by atoms with van der Waals surface area (Å²) in [5, 5.41) is 0. The minimum atomic E-state index is -0.185. The van der Waals surface area contributed by atoms with E-state index in [4.69, 9.17) is 10.5 Å². The number of benzene rings is 1. The number of aryl methyl sites for hydroxylation is 1. The summed E-state index contributed by atoms with van der Waals surface area (Å²) < 4.78 is 5.76. The Morgan fingerprint density at radius 2 is 2.05 bits per heavy atom. The summed E-state index contributed by atoms with van der Waals surface area (Å²) in [6, 6.07) is 11.7. The topological polar surface area (TPSA) is 48.1 Å². The smallest absolute Gasteiger partial charge is 0.124 e. The average Bonchev–Trinajstić information content (AvgIpc) is 2.44. The fourth-order valence-electron chi connectivity index (χ4n) is 2.02. The highest BCUT2D eigenvalue weighted by molar-refractivity contribution is 5.41. The van der Waals surface area contributed by atoms with Gasteiger partial charge in [0.15, 0.2) is 0 Å². The zero-order valence-electron chi connectivity index (χ0n) is 11.5. The molecule has 0 saturated heterocycles. The van der Waals surface area contributed by atoms with E-state index >= 15 is 0 Å². The quantitative estimate of drug-likeness (QED) is 0.893. The summed E-state index contributed by atoms with van der Waals surface area (Å²) >= 11 is 0. The van der Waals surface area contributed by atoms with Gasteiger partial charge < -0.3 is 10.5 Å². The van der Waals surface area contributed by atoms with Gasteiger partial charge in [0.2, 0.25) is 0 Å². The van der Waals surface area contributed by atoms with Crippen LogP contribution in [-0.2, 0) is 0 Å². The minimum absolute atomic E-state index is 0.185. The molecule has 1 heterocycles. The number of pyridine rings is 1. The van der Waals surface area contributed by atoms with Gasteiger partial charge in [-0.05, 0) is 37.1 Å². The molecule has 0 spiro atoms. The van der Waals surface area contributed by atoms with Gasteiger partial charge in [0.1, 0.15) is 5.75 Å². The second kappa shape index (κ2) is 6.34. The fourth-order valence-corrected chi connectivity index (χ4v) is 2.02. The molecule has 2 N–H and O–H groups in total. The van der Waals surface area contributed by atoms with Crippen LogP contribution in [0.3, 0.4) is 0 Å². The Balaban J connectivity index is 2.30. The molecule has 0 bridgehead atoms. The Bertz CT molecular complexity index is 540. The SMILES string of the molecule is CCCOc1ccccc1C(N)c1ccnc(C)c1. The summed E-state index contributed by atoms with van der Waals surface area (Å²) in [5.41, 5.74) is 9.39. The molecule has 1 aromatic heterocycles. The molecule has 100 valence electrons. The highest BCUT2D eigenvalue weighted by Gasteiger charge is 2.14. The number of nitrogens with two attached hydrogens (primary N) is 1. The lowest BCUT2D eigenvalue weighted by atomic mass is 9.99. The zero-order chi connectivity index (χ0) is 13.7. The van der Waals surface area contributed by atoms with Crippen molar-refractivity contribution in [3.63, 3.8) is 0 Å². The van der Waals surface area contributed by atoms with Crippen LogP contribution < -0.4 is 10.5 Å². The van der Waals surface area contributed by atoms with Crippen molar-refractivity contribution in [1.29, 1.82) is 0 Å². The van der Waals surface area contributed by atoms with E-state index in [9.17, 15) is 0 Å². The monoisotopic (exact) mass is 256 g/mol. The molecule has 1 aromatic carbocycles. The highest BCUT2D eigenvalue weighted by Crippen LogP contribution is 2.28. The Morgan fingerprint density at radius 1 is 1.26 bits per heavy atom. The molecule has 0 aliphatic heterocycles. The van der Waals surface area contributed by atoms with Crippen LogP contribution in [0.4, 0.5) is 0 Å². The Morgan fingerprint density at radius 3 is 2.79 bits per heavy atom. The first kappa shape index (κ1) is 13.6. The van der Waals surface area contributed by atoms with Crippen molar-refractivity contribution in [3.05, 3.63) is 59.4 Å². The zero-order valence-corrected chi connectivity index (χ0v) is 11.5. The number of ether oxygens (including phenoxy) is 1. The molecule has 2 aromatic rings. The van der Waals surface area contributed by atoms with Crippen molar-refractivity contribution >= 4 is 0 Å². The van der Waals surface area contributed by atoms with Gasteiger partial charge in [-0.15, -0.1) is 0 Å². The molecule has 19 heavy (non-hydrogen) atoms. The predicted molar refractivity (Wildman–Crippen MR) is 77.2 cm³/mol. The first-order valence-corrected chi connectivity index (χ1v) is 6.62. The van der Waals surface area contributed by atoms with Crippen LogP contribution in [0.1, 0.15) is 36.2 Å². The average molecular weight is 256 g/mol. The number of hydrogen-bond donors (Lipinski definition) is 1. The van der Waals surface area contributed by atoms with E-state index in [-0.39, 0.29) is 6.04 Å². The molecule has 0 amide bonds. The van der Waals surface area contributed by atoms with E-state index in [1.165, 1.54) is 0 Å². The lowest BCUT2D eigenvalue weighted by molar-refractivity contribution is 0.313. The molecule has 0 fully saturated rings. The van der Waals surface area contributed by atoms with E-state index in [0.29, 0.717) is 6.61 Å². The van der Waals surface area contributed by atoms with Crippen LogP contribution in [0, 0.1) is 6.92 Å². The number of para-hydroxylation sites is 1. The van der Waals surface area contributed by atoms with Gasteiger partial charge in [0, 0.05) is 17.5 Å². The Hall–Kier alpha value is -1.87. The molecule has 0 radical (unpaired) electrons.